The first kappa shape index (κ1) is 14.4. The Morgan fingerprint density at radius 1 is 0.708 bits per heavy atom. The maximum absolute atomic E-state index is 4.38. The SMILES string of the molecule is CC(=C(c1ccccc1)c1ccccc1)n1nnc2ccccc21. The van der Waals surface area contributed by atoms with E-state index in [4.69, 9.17) is 0 Å². The first-order valence-corrected chi connectivity index (χ1v) is 7.97. The fourth-order valence-electron chi connectivity index (χ4n) is 3.02. The van der Waals surface area contributed by atoms with Gasteiger partial charge in [0.15, 0.2) is 0 Å². The van der Waals surface area contributed by atoms with Gasteiger partial charge in [-0.2, -0.15) is 0 Å². The van der Waals surface area contributed by atoms with Gasteiger partial charge in [0.1, 0.15) is 5.52 Å². The molecule has 0 N–H and O–H groups in total. The summed E-state index contributed by atoms with van der Waals surface area (Å²) in [6.45, 7) is 2.09. The van der Waals surface area contributed by atoms with Crippen molar-refractivity contribution >= 4 is 22.3 Å². The van der Waals surface area contributed by atoms with Gasteiger partial charge in [0.05, 0.1) is 5.52 Å². The summed E-state index contributed by atoms with van der Waals surface area (Å²) in [5.74, 6) is 0. The van der Waals surface area contributed by atoms with Crippen LogP contribution in [0.15, 0.2) is 84.9 Å². The van der Waals surface area contributed by atoms with E-state index in [0.717, 1.165) is 22.3 Å². The van der Waals surface area contributed by atoms with Gasteiger partial charge in [0.2, 0.25) is 0 Å². The summed E-state index contributed by atoms with van der Waals surface area (Å²) in [4.78, 5) is 0. The lowest BCUT2D eigenvalue weighted by atomic mass is 9.96. The molecule has 0 unspecified atom stereocenters. The van der Waals surface area contributed by atoms with Crippen molar-refractivity contribution in [3.05, 3.63) is 96.1 Å². The van der Waals surface area contributed by atoms with Gasteiger partial charge in [0.25, 0.3) is 0 Å². The Morgan fingerprint density at radius 3 is 1.88 bits per heavy atom. The lowest BCUT2D eigenvalue weighted by Gasteiger charge is -2.14. The maximum Gasteiger partial charge on any atom is 0.113 e. The maximum atomic E-state index is 4.38. The van der Waals surface area contributed by atoms with Crippen LogP contribution in [0.3, 0.4) is 0 Å². The van der Waals surface area contributed by atoms with Gasteiger partial charge in [-0.25, -0.2) is 4.68 Å². The lowest BCUT2D eigenvalue weighted by molar-refractivity contribution is 0.836. The topological polar surface area (TPSA) is 30.7 Å². The molecule has 3 nitrogen and oxygen atoms in total. The van der Waals surface area contributed by atoms with E-state index in [1.54, 1.807) is 0 Å². The van der Waals surface area contributed by atoms with E-state index >= 15 is 0 Å². The second-order valence-electron chi connectivity index (χ2n) is 5.68. The van der Waals surface area contributed by atoms with Gasteiger partial charge >= 0.3 is 0 Å². The number of hydrogen-bond acceptors (Lipinski definition) is 2. The molecule has 0 amide bonds. The van der Waals surface area contributed by atoms with E-state index in [1.165, 1.54) is 11.1 Å². The normalized spacial score (nSPS) is 10.7. The van der Waals surface area contributed by atoms with Crippen LogP contribution in [0.1, 0.15) is 18.1 Å². The van der Waals surface area contributed by atoms with Crippen LogP contribution in [0.5, 0.6) is 0 Å². The average Bonchev–Trinajstić information content (AvgIpc) is 3.08. The molecule has 0 atom stereocenters. The summed E-state index contributed by atoms with van der Waals surface area (Å²) < 4.78 is 1.92. The molecular weight excluding hydrogens is 294 g/mol. The van der Waals surface area contributed by atoms with Crippen molar-refractivity contribution in [2.24, 2.45) is 0 Å². The molecule has 0 aliphatic heterocycles. The monoisotopic (exact) mass is 311 g/mol. The zero-order chi connectivity index (χ0) is 16.4. The summed E-state index contributed by atoms with van der Waals surface area (Å²) >= 11 is 0. The quantitative estimate of drug-likeness (QED) is 0.540. The van der Waals surface area contributed by atoms with Crippen molar-refractivity contribution in [1.82, 2.24) is 15.0 Å². The zero-order valence-corrected chi connectivity index (χ0v) is 13.4. The molecule has 0 aliphatic carbocycles. The van der Waals surface area contributed by atoms with Crippen molar-refractivity contribution in [2.45, 2.75) is 6.92 Å². The van der Waals surface area contributed by atoms with Crippen molar-refractivity contribution in [1.29, 1.82) is 0 Å². The third-order valence-electron chi connectivity index (χ3n) is 4.16. The predicted molar refractivity (Wildman–Crippen MR) is 98.3 cm³/mol. The highest BCUT2D eigenvalue weighted by molar-refractivity contribution is 5.94. The van der Waals surface area contributed by atoms with Crippen LogP contribution in [0, 0.1) is 0 Å². The largest absolute Gasteiger partial charge is 0.217 e. The molecule has 0 spiro atoms. The highest BCUT2D eigenvalue weighted by Gasteiger charge is 2.13. The van der Waals surface area contributed by atoms with Gasteiger partial charge in [-0.15, -0.1) is 5.10 Å². The second-order valence-corrected chi connectivity index (χ2v) is 5.68. The van der Waals surface area contributed by atoms with E-state index < -0.39 is 0 Å². The van der Waals surface area contributed by atoms with Crippen LogP contribution in [-0.2, 0) is 0 Å². The fraction of sp³-hybridized carbons (Fsp3) is 0.0476. The summed E-state index contributed by atoms with van der Waals surface area (Å²) in [6, 6.07) is 28.9. The molecule has 0 fully saturated rings. The molecule has 0 saturated heterocycles. The van der Waals surface area contributed by atoms with Crippen molar-refractivity contribution < 1.29 is 0 Å². The highest BCUT2D eigenvalue weighted by atomic mass is 15.4. The highest BCUT2D eigenvalue weighted by Crippen LogP contribution is 2.30. The van der Waals surface area contributed by atoms with E-state index in [2.05, 4.69) is 65.8 Å². The number of nitrogens with zero attached hydrogens (tertiary/aromatic N) is 3. The summed E-state index contributed by atoms with van der Waals surface area (Å²) in [7, 11) is 0. The second kappa shape index (κ2) is 6.13. The fourth-order valence-corrected chi connectivity index (χ4v) is 3.02. The molecule has 3 heteroatoms. The summed E-state index contributed by atoms with van der Waals surface area (Å²) in [5.41, 5.74) is 6.46. The van der Waals surface area contributed by atoms with Gasteiger partial charge in [-0.05, 0) is 30.2 Å². The molecule has 24 heavy (non-hydrogen) atoms. The third kappa shape index (κ3) is 2.50. The summed E-state index contributed by atoms with van der Waals surface area (Å²) in [6.07, 6.45) is 0. The van der Waals surface area contributed by atoms with Crippen LogP contribution >= 0.6 is 0 Å². The smallest absolute Gasteiger partial charge is 0.113 e. The summed E-state index contributed by atoms with van der Waals surface area (Å²) in [5, 5.41) is 8.66. The van der Waals surface area contributed by atoms with Crippen LogP contribution in [-0.4, -0.2) is 15.0 Å². The molecule has 0 saturated carbocycles. The standard InChI is InChI=1S/C21H17N3/c1-16(24-20-15-9-8-14-19(20)22-23-24)21(17-10-4-2-5-11-17)18-12-6-3-7-13-18/h2-15H,1H3. The van der Waals surface area contributed by atoms with E-state index in [1.807, 2.05) is 41.1 Å². The Bertz CT molecular complexity index is 957. The van der Waals surface area contributed by atoms with E-state index in [0.29, 0.717) is 0 Å². The molecule has 3 aromatic carbocycles. The van der Waals surface area contributed by atoms with Crippen molar-refractivity contribution in [2.75, 3.05) is 0 Å². The Morgan fingerprint density at radius 2 is 1.25 bits per heavy atom. The Kier molecular flexibility index (Phi) is 3.67. The van der Waals surface area contributed by atoms with E-state index in [-0.39, 0.29) is 0 Å². The van der Waals surface area contributed by atoms with Crippen LogP contribution < -0.4 is 0 Å². The minimum Gasteiger partial charge on any atom is -0.217 e. The van der Waals surface area contributed by atoms with Gasteiger partial charge in [-0.1, -0.05) is 78.0 Å². The third-order valence-corrected chi connectivity index (χ3v) is 4.16. The van der Waals surface area contributed by atoms with E-state index in [9.17, 15) is 0 Å². The number of hydrogen-bond donors (Lipinski definition) is 0. The van der Waals surface area contributed by atoms with Crippen molar-refractivity contribution in [3.63, 3.8) is 0 Å². The number of para-hydroxylation sites is 1. The first-order valence-electron chi connectivity index (χ1n) is 7.97. The minimum atomic E-state index is 0.900. The Labute approximate surface area is 140 Å². The molecule has 0 aliphatic rings. The molecule has 4 aromatic rings. The Balaban J connectivity index is 2.00. The van der Waals surface area contributed by atoms with Crippen molar-refractivity contribution in [3.8, 4) is 0 Å². The molecule has 4 rings (SSSR count). The first-order chi connectivity index (χ1) is 11.8. The average molecular weight is 311 g/mol. The predicted octanol–water partition coefficient (Wildman–Crippen LogP) is 4.87. The zero-order valence-electron chi connectivity index (χ0n) is 13.4. The number of rotatable bonds is 3. The number of allylic oxidation sites excluding steroid dienone is 1. The Hall–Kier alpha value is -3.20. The van der Waals surface area contributed by atoms with Crippen LogP contribution in [0.4, 0.5) is 0 Å². The number of fused-ring (bicyclic) bond motifs is 1. The molecule has 0 radical (unpaired) electrons. The molecule has 1 aromatic heterocycles. The van der Waals surface area contributed by atoms with Gasteiger partial charge < -0.3 is 0 Å². The lowest BCUT2D eigenvalue weighted by Crippen LogP contribution is -2.01. The number of benzene rings is 3. The molecular formula is C21H17N3. The van der Waals surface area contributed by atoms with Crippen LogP contribution in [0.25, 0.3) is 22.3 Å². The van der Waals surface area contributed by atoms with Crippen LogP contribution in [0.2, 0.25) is 0 Å². The molecule has 0 bridgehead atoms. The molecule has 116 valence electrons. The van der Waals surface area contributed by atoms with Gasteiger partial charge in [0, 0.05) is 11.3 Å². The minimum absolute atomic E-state index is 0.900. The van der Waals surface area contributed by atoms with Gasteiger partial charge in [-0.3, -0.25) is 0 Å². The number of aromatic nitrogens is 3. The molecule has 1 heterocycles.